The smallest absolute Gasteiger partial charge is 0.397 e. The quantitative estimate of drug-likeness (QED) is 0.305. The van der Waals surface area contributed by atoms with Gasteiger partial charge in [-0.15, -0.1) is 35.0 Å². The molecule has 0 radical (unpaired) electrons. The molecule has 0 fully saturated rings. The Bertz CT molecular complexity index is 439. The van der Waals surface area contributed by atoms with E-state index in [1.165, 1.54) is 6.07 Å². The Morgan fingerprint density at radius 3 is 2.24 bits per heavy atom. The van der Waals surface area contributed by atoms with Gasteiger partial charge in [0.1, 0.15) is 4.92 Å². The minimum absolute atomic E-state index is 0. The highest BCUT2D eigenvalue weighted by Gasteiger charge is 2.13. The fourth-order valence-corrected chi connectivity index (χ4v) is 0.724. The molecule has 0 bridgehead atoms. The summed E-state index contributed by atoms with van der Waals surface area (Å²) in [5.74, 6) is -0.852. The molecule has 0 saturated carbocycles. The number of nitrogens with zero attached hydrogens (tertiary/aromatic N) is 3. The third-order valence-electron chi connectivity index (χ3n) is 1.30. The van der Waals surface area contributed by atoms with Crippen molar-refractivity contribution in [2.75, 3.05) is 0 Å². The summed E-state index contributed by atoms with van der Waals surface area (Å²) in [6, 6.07) is 2.44. The predicted molar refractivity (Wildman–Crippen MR) is 66.4 cm³/mol. The second kappa shape index (κ2) is 7.30. The van der Waals surface area contributed by atoms with Crippen LogP contribution >= 0.6 is 24.8 Å². The van der Waals surface area contributed by atoms with E-state index in [0.29, 0.717) is 0 Å². The van der Waals surface area contributed by atoms with Crippen LogP contribution in [0.4, 0.5) is 5.88 Å². The molecule has 96 valence electrons. The van der Waals surface area contributed by atoms with E-state index < -0.39 is 10.8 Å². The minimum atomic E-state index is -0.697. The number of amidine groups is 1. The molecule has 0 atom stereocenters. The number of furan rings is 1. The summed E-state index contributed by atoms with van der Waals surface area (Å²) in [6.45, 7) is 0. The second-order valence-electron chi connectivity index (χ2n) is 2.41. The van der Waals surface area contributed by atoms with Crippen LogP contribution in [0.3, 0.4) is 0 Å². The lowest BCUT2D eigenvalue weighted by Crippen LogP contribution is -2.22. The van der Waals surface area contributed by atoms with Gasteiger partial charge >= 0.3 is 5.88 Å². The zero-order valence-corrected chi connectivity index (χ0v) is 9.90. The normalized spacial score (nSPS) is 9.76. The number of halogens is 2. The number of hydrogen-bond acceptors (Lipinski definition) is 5. The van der Waals surface area contributed by atoms with Crippen molar-refractivity contribution in [3.05, 3.63) is 28.0 Å². The molecule has 9 nitrogen and oxygen atoms in total. The molecule has 6 N–H and O–H groups in total. The number of nitrogens with two attached hydrogens (primary N) is 3. The first-order chi connectivity index (χ1) is 7.00. The van der Waals surface area contributed by atoms with Gasteiger partial charge in [0, 0.05) is 0 Å². The molecule has 0 amide bonds. The van der Waals surface area contributed by atoms with E-state index in [2.05, 4.69) is 10.2 Å². The summed E-state index contributed by atoms with van der Waals surface area (Å²) in [7, 11) is 0. The summed E-state index contributed by atoms with van der Waals surface area (Å²) in [4.78, 5) is 9.57. The van der Waals surface area contributed by atoms with E-state index in [0.717, 1.165) is 6.07 Å². The van der Waals surface area contributed by atoms with Crippen LogP contribution in [0.5, 0.6) is 0 Å². The van der Waals surface area contributed by atoms with Gasteiger partial charge in [0.25, 0.3) is 0 Å². The highest BCUT2D eigenvalue weighted by molar-refractivity contribution is 5.95. The lowest BCUT2D eigenvalue weighted by molar-refractivity contribution is -0.402. The molecule has 1 aromatic heterocycles. The molecule has 0 aromatic carbocycles. The van der Waals surface area contributed by atoms with Crippen molar-refractivity contribution >= 4 is 42.5 Å². The van der Waals surface area contributed by atoms with Gasteiger partial charge < -0.3 is 21.6 Å². The lowest BCUT2D eigenvalue weighted by atomic mass is 10.4. The van der Waals surface area contributed by atoms with E-state index in [1.54, 1.807) is 0 Å². The molecule has 11 heteroatoms. The van der Waals surface area contributed by atoms with Crippen LogP contribution in [0.1, 0.15) is 5.76 Å². The van der Waals surface area contributed by atoms with Crippen molar-refractivity contribution in [1.82, 2.24) is 0 Å². The molecule has 0 saturated heterocycles. The van der Waals surface area contributed by atoms with Gasteiger partial charge in [-0.05, 0) is 6.07 Å². The maximum atomic E-state index is 10.3. The van der Waals surface area contributed by atoms with Crippen LogP contribution in [0, 0.1) is 10.1 Å². The van der Waals surface area contributed by atoms with Crippen LogP contribution in [-0.4, -0.2) is 16.7 Å². The Kier molecular flexibility index (Phi) is 7.47. The Labute approximate surface area is 108 Å². The number of nitro groups is 1. The van der Waals surface area contributed by atoms with Crippen molar-refractivity contribution < 1.29 is 9.34 Å². The Morgan fingerprint density at radius 2 is 1.82 bits per heavy atom. The van der Waals surface area contributed by atoms with Gasteiger partial charge in [-0.1, -0.05) is 0 Å². The van der Waals surface area contributed by atoms with Gasteiger partial charge in [-0.25, -0.2) is 0 Å². The van der Waals surface area contributed by atoms with Crippen molar-refractivity contribution in [3.8, 4) is 0 Å². The maximum Gasteiger partial charge on any atom is 0.433 e. The number of hydrogen-bond donors (Lipinski definition) is 3. The average Bonchev–Trinajstić information content (AvgIpc) is 2.62. The first kappa shape index (κ1) is 17.4. The first-order valence-electron chi connectivity index (χ1n) is 3.67. The third-order valence-corrected chi connectivity index (χ3v) is 1.30. The monoisotopic (exact) mass is 284 g/mol. The third kappa shape index (κ3) is 5.04. The Morgan fingerprint density at radius 1 is 1.24 bits per heavy atom. The van der Waals surface area contributed by atoms with Crippen LogP contribution in [0.15, 0.2) is 26.8 Å². The van der Waals surface area contributed by atoms with Gasteiger partial charge in [-0.2, -0.15) is 0 Å². The topological polar surface area (TPSA) is 159 Å². The number of guanidine groups is 1. The largest absolute Gasteiger partial charge is 0.433 e. The molecule has 1 heterocycles. The second-order valence-corrected chi connectivity index (χ2v) is 2.41. The summed E-state index contributed by atoms with van der Waals surface area (Å²) < 4.78 is 4.73. The molecule has 0 aliphatic carbocycles. The highest BCUT2D eigenvalue weighted by Crippen LogP contribution is 2.15. The number of rotatable bonds is 3. The molecular weight excluding hydrogens is 275 g/mol. The molecule has 0 aliphatic heterocycles. The van der Waals surface area contributed by atoms with Gasteiger partial charge in [0.05, 0.1) is 6.07 Å². The van der Waals surface area contributed by atoms with E-state index in [9.17, 15) is 10.1 Å². The SMILES string of the molecule is Cl.Cl.NC(N)=NN=C(N)c1ccc([N+](=O)[O-])o1. The summed E-state index contributed by atoms with van der Waals surface area (Å²) in [6.07, 6.45) is 0. The predicted octanol–water partition coefficient (Wildman–Crippen LogP) is -0.0749. The van der Waals surface area contributed by atoms with Crippen molar-refractivity contribution in [3.63, 3.8) is 0 Å². The minimum Gasteiger partial charge on any atom is -0.397 e. The van der Waals surface area contributed by atoms with Crippen LogP contribution < -0.4 is 17.2 Å². The molecular formula is C6H10Cl2N6O3. The average molecular weight is 285 g/mol. The molecule has 1 aromatic rings. The Hall–Kier alpha value is -2.00. The summed E-state index contributed by atoms with van der Waals surface area (Å²) in [5.41, 5.74) is 15.4. The van der Waals surface area contributed by atoms with E-state index in [4.69, 9.17) is 21.6 Å². The Balaban J connectivity index is 0. The summed E-state index contributed by atoms with van der Waals surface area (Å²) in [5, 5.41) is 16.9. The molecule has 0 aliphatic rings. The fraction of sp³-hybridized carbons (Fsp3) is 0. The standard InChI is InChI=1S/C6H8N6O3.2ClH/c7-5(10-11-6(8)9)3-1-2-4(15-3)12(13)14;;/h1-2H,(H2,7,10)(H4,8,9,11);2*1H. The van der Waals surface area contributed by atoms with E-state index in [-0.39, 0.29) is 42.4 Å². The van der Waals surface area contributed by atoms with Crippen LogP contribution in [0.2, 0.25) is 0 Å². The molecule has 0 spiro atoms. The lowest BCUT2D eigenvalue weighted by Gasteiger charge is -1.91. The van der Waals surface area contributed by atoms with Gasteiger partial charge in [-0.3, -0.25) is 10.1 Å². The fourth-order valence-electron chi connectivity index (χ4n) is 0.724. The summed E-state index contributed by atoms with van der Waals surface area (Å²) >= 11 is 0. The maximum absolute atomic E-state index is 10.3. The first-order valence-corrected chi connectivity index (χ1v) is 3.67. The zero-order valence-electron chi connectivity index (χ0n) is 8.27. The molecule has 1 rings (SSSR count). The molecule has 0 unspecified atom stereocenters. The van der Waals surface area contributed by atoms with Gasteiger partial charge in [0.15, 0.2) is 11.6 Å². The molecule has 17 heavy (non-hydrogen) atoms. The van der Waals surface area contributed by atoms with E-state index in [1.807, 2.05) is 0 Å². The van der Waals surface area contributed by atoms with Crippen molar-refractivity contribution in [2.45, 2.75) is 0 Å². The zero-order chi connectivity index (χ0) is 11.4. The van der Waals surface area contributed by atoms with Crippen LogP contribution in [0.25, 0.3) is 0 Å². The van der Waals surface area contributed by atoms with Crippen LogP contribution in [-0.2, 0) is 0 Å². The highest BCUT2D eigenvalue weighted by atomic mass is 35.5. The van der Waals surface area contributed by atoms with Gasteiger partial charge in [0.2, 0.25) is 5.96 Å². The van der Waals surface area contributed by atoms with Crippen molar-refractivity contribution in [2.24, 2.45) is 27.4 Å². The van der Waals surface area contributed by atoms with Crippen molar-refractivity contribution in [1.29, 1.82) is 0 Å². The van der Waals surface area contributed by atoms with E-state index >= 15 is 0 Å².